The lowest BCUT2D eigenvalue weighted by atomic mass is 10.2. The van der Waals surface area contributed by atoms with Crippen molar-refractivity contribution in [3.8, 4) is 0 Å². The first-order valence-electron chi connectivity index (χ1n) is 6.09. The van der Waals surface area contributed by atoms with Gasteiger partial charge in [0, 0.05) is 23.8 Å². The summed E-state index contributed by atoms with van der Waals surface area (Å²) in [5, 5.41) is 3.80. The number of nitrogen functional groups attached to an aromatic ring is 1. The molecule has 1 aromatic heterocycles. The highest BCUT2D eigenvalue weighted by Gasteiger charge is 2.16. The second-order valence-corrected chi connectivity index (χ2v) is 7.66. The number of nitrogens with two attached hydrogens (primary N) is 1. The van der Waals surface area contributed by atoms with Crippen molar-refractivity contribution in [1.29, 1.82) is 0 Å². The normalized spacial score (nSPS) is 10.8. The van der Waals surface area contributed by atoms with E-state index in [-0.39, 0.29) is 5.91 Å². The molecule has 0 radical (unpaired) electrons. The average molecular weight is 473 g/mol. The number of thiophene rings is 1. The van der Waals surface area contributed by atoms with Crippen LogP contribution in [-0.4, -0.2) is 5.91 Å². The molecule has 0 fully saturated rings. The molecule has 3 rings (SSSR count). The molecule has 0 aliphatic carbocycles. The minimum absolute atomic E-state index is 0.174. The predicted octanol–water partition coefficient (Wildman–Crippen LogP) is 5.10. The third kappa shape index (κ3) is 3.07. The van der Waals surface area contributed by atoms with Gasteiger partial charge in [0.2, 0.25) is 0 Å². The summed E-state index contributed by atoms with van der Waals surface area (Å²) in [5.74, 6) is -0.174. The molecular weight excluding hydrogens is 463 g/mol. The molecule has 0 aliphatic heterocycles. The van der Waals surface area contributed by atoms with Gasteiger partial charge in [-0.25, -0.2) is 0 Å². The SMILES string of the molecule is Nc1c(C(=O)Nc2cccc(I)c2)sc2ccc(Br)cc12. The van der Waals surface area contributed by atoms with E-state index in [1.807, 2.05) is 42.5 Å². The van der Waals surface area contributed by atoms with Crippen LogP contribution in [0.25, 0.3) is 10.1 Å². The molecular formula is C15H10BrIN2OS. The average Bonchev–Trinajstić information content (AvgIpc) is 2.76. The number of fused-ring (bicyclic) bond motifs is 1. The number of carbonyl (C=O) groups excluding carboxylic acids is 1. The van der Waals surface area contributed by atoms with E-state index in [0.29, 0.717) is 10.6 Å². The number of nitrogens with one attached hydrogen (secondary N) is 1. The maximum atomic E-state index is 12.4. The summed E-state index contributed by atoms with van der Waals surface area (Å²) in [6.07, 6.45) is 0. The molecule has 0 bridgehead atoms. The van der Waals surface area contributed by atoms with Gasteiger partial charge in [-0.2, -0.15) is 0 Å². The number of anilines is 2. The van der Waals surface area contributed by atoms with Crippen LogP contribution in [0, 0.1) is 3.57 Å². The van der Waals surface area contributed by atoms with Crippen molar-refractivity contribution in [3.05, 3.63) is 55.4 Å². The van der Waals surface area contributed by atoms with E-state index >= 15 is 0 Å². The fourth-order valence-electron chi connectivity index (χ4n) is 2.01. The number of hydrogen-bond acceptors (Lipinski definition) is 3. The van der Waals surface area contributed by atoms with Crippen LogP contribution in [-0.2, 0) is 0 Å². The van der Waals surface area contributed by atoms with Gasteiger partial charge >= 0.3 is 0 Å². The summed E-state index contributed by atoms with van der Waals surface area (Å²) in [4.78, 5) is 12.9. The number of rotatable bonds is 2. The molecule has 0 saturated carbocycles. The van der Waals surface area contributed by atoms with Crippen molar-refractivity contribution < 1.29 is 4.79 Å². The molecule has 1 amide bonds. The number of hydrogen-bond donors (Lipinski definition) is 2. The van der Waals surface area contributed by atoms with Crippen molar-refractivity contribution in [1.82, 2.24) is 0 Å². The van der Waals surface area contributed by atoms with E-state index in [9.17, 15) is 4.79 Å². The zero-order valence-electron chi connectivity index (χ0n) is 10.7. The third-order valence-electron chi connectivity index (χ3n) is 2.98. The number of benzene rings is 2. The van der Waals surface area contributed by atoms with Gasteiger partial charge in [0.15, 0.2) is 0 Å². The van der Waals surface area contributed by atoms with Gasteiger partial charge in [0.25, 0.3) is 5.91 Å². The maximum Gasteiger partial charge on any atom is 0.267 e. The Hall–Kier alpha value is -1.12. The summed E-state index contributed by atoms with van der Waals surface area (Å²) in [6.45, 7) is 0. The molecule has 1 heterocycles. The first-order chi connectivity index (χ1) is 10.0. The van der Waals surface area contributed by atoms with Crippen LogP contribution in [0.1, 0.15) is 9.67 Å². The molecule has 3 nitrogen and oxygen atoms in total. The van der Waals surface area contributed by atoms with Crippen molar-refractivity contribution in [2.75, 3.05) is 11.1 Å². The van der Waals surface area contributed by atoms with Gasteiger partial charge < -0.3 is 11.1 Å². The largest absolute Gasteiger partial charge is 0.397 e. The van der Waals surface area contributed by atoms with Crippen molar-refractivity contribution in [3.63, 3.8) is 0 Å². The lowest BCUT2D eigenvalue weighted by Crippen LogP contribution is -2.11. The van der Waals surface area contributed by atoms with Crippen LogP contribution in [0.5, 0.6) is 0 Å². The van der Waals surface area contributed by atoms with Crippen molar-refractivity contribution in [2.45, 2.75) is 0 Å². The minimum Gasteiger partial charge on any atom is -0.397 e. The molecule has 2 aromatic carbocycles. The van der Waals surface area contributed by atoms with Crippen LogP contribution in [0.3, 0.4) is 0 Å². The summed E-state index contributed by atoms with van der Waals surface area (Å²) in [5.41, 5.74) is 7.42. The van der Waals surface area contributed by atoms with Crippen molar-refractivity contribution >= 4 is 77.2 Å². The zero-order valence-corrected chi connectivity index (χ0v) is 15.3. The predicted molar refractivity (Wildman–Crippen MR) is 101 cm³/mol. The molecule has 6 heteroatoms. The quantitative estimate of drug-likeness (QED) is 0.509. The topological polar surface area (TPSA) is 55.1 Å². The van der Waals surface area contributed by atoms with E-state index in [2.05, 4.69) is 43.8 Å². The molecule has 21 heavy (non-hydrogen) atoms. The summed E-state index contributed by atoms with van der Waals surface area (Å²) >= 11 is 7.04. The Balaban J connectivity index is 1.96. The number of amides is 1. The van der Waals surface area contributed by atoms with Crippen LogP contribution >= 0.6 is 49.9 Å². The fraction of sp³-hybridized carbons (Fsp3) is 0. The molecule has 0 unspecified atom stereocenters. The summed E-state index contributed by atoms with van der Waals surface area (Å²) < 4.78 is 3.02. The Bertz CT molecular complexity index is 847. The van der Waals surface area contributed by atoms with Crippen LogP contribution < -0.4 is 11.1 Å². The highest BCUT2D eigenvalue weighted by molar-refractivity contribution is 14.1. The first kappa shape index (κ1) is 14.8. The van der Waals surface area contributed by atoms with Gasteiger partial charge in [-0.3, -0.25) is 4.79 Å². The highest BCUT2D eigenvalue weighted by Crippen LogP contribution is 2.35. The van der Waals surface area contributed by atoms with Crippen molar-refractivity contribution in [2.24, 2.45) is 0 Å². The molecule has 0 spiro atoms. The molecule has 3 aromatic rings. The zero-order chi connectivity index (χ0) is 15.0. The first-order valence-corrected chi connectivity index (χ1v) is 8.78. The monoisotopic (exact) mass is 472 g/mol. The molecule has 106 valence electrons. The van der Waals surface area contributed by atoms with E-state index in [4.69, 9.17) is 5.73 Å². The third-order valence-corrected chi connectivity index (χ3v) is 5.33. The van der Waals surface area contributed by atoms with E-state index in [1.165, 1.54) is 11.3 Å². The van der Waals surface area contributed by atoms with E-state index in [1.54, 1.807) is 0 Å². The van der Waals surface area contributed by atoms with Crippen LogP contribution in [0.2, 0.25) is 0 Å². The van der Waals surface area contributed by atoms with Gasteiger partial charge in [-0.05, 0) is 59.0 Å². The van der Waals surface area contributed by atoms with Crippen LogP contribution in [0.4, 0.5) is 11.4 Å². The Morgan fingerprint density at radius 3 is 2.81 bits per heavy atom. The number of carbonyl (C=O) groups is 1. The minimum atomic E-state index is -0.174. The molecule has 3 N–H and O–H groups in total. The smallest absolute Gasteiger partial charge is 0.267 e. The molecule has 0 atom stereocenters. The van der Waals surface area contributed by atoms with Gasteiger partial charge in [-0.15, -0.1) is 11.3 Å². The highest BCUT2D eigenvalue weighted by atomic mass is 127. The standard InChI is InChI=1S/C15H10BrIN2OS/c16-8-4-5-12-11(6-8)13(18)14(21-12)15(20)19-10-3-1-2-9(17)7-10/h1-7H,18H2,(H,19,20). The second-order valence-electron chi connectivity index (χ2n) is 4.45. The Morgan fingerprint density at radius 1 is 1.24 bits per heavy atom. The molecule has 0 saturated heterocycles. The Labute approximate surface area is 147 Å². The fourth-order valence-corrected chi connectivity index (χ4v) is 3.91. The van der Waals surface area contributed by atoms with E-state index in [0.717, 1.165) is 23.8 Å². The molecule has 0 aliphatic rings. The Kier molecular flexibility index (Phi) is 4.19. The van der Waals surface area contributed by atoms with E-state index < -0.39 is 0 Å². The second kappa shape index (κ2) is 5.94. The lowest BCUT2D eigenvalue weighted by molar-refractivity contribution is 0.103. The number of halogens is 2. The van der Waals surface area contributed by atoms with Gasteiger partial charge in [-0.1, -0.05) is 22.0 Å². The summed E-state index contributed by atoms with van der Waals surface area (Å²) in [6, 6.07) is 13.5. The van der Waals surface area contributed by atoms with Crippen LogP contribution in [0.15, 0.2) is 46.9 Å². The maximum absolute atomic E-state index is 12.4. The van der Waals surface area contributed by atoms with Gasteiger partial charge in [0.05, 0.1) is 5.69 Å². The summed E-state index contributed by atoms with van der Waals surface area (Å²) in [7, 11) is 0. The lowest BCUT2D eigenvalue weighted by Gasteiger charge is -2.04. The Morgan fingerprint density at radius 2 is 2.05 bits per heavy atom. The van der Waals surface area contributed by atoms with Gasteiger partial charge in [0.1, 0.15) is 4.88 Å².